The fourth-order valence-electron chi connectivity index (χ4n) is 5.35. The van der Waals surface area contributed by atoms with Gasteiger partial charge in [-0.05, 0) is 69.7 Å². The van der Waals surface area contributed by atoms with Crippen molar-refractivity contribution in [2.75, 3.05) is 10.6 Å². The molecule has 0 fully saturated rings. The molecule has 2 aromatic rings. The molecule has 0 radical (unpaired) electrons. The molecular weight excluding hydrogens is 542 g/mol. The van der Waals surface area contributed by atoms with Gasteiger partial charge in [0.25, 0.3) is 10.0 Å². The number of benzene rings is 2. The molecule has 2 unspecified atom stereocenters. The van der Waals surface area contributed by atoms with Crippen molar-refractivity contribution < 1.29 is 27.5 Å². The van der Waals surface area contributed by atoms with Gasteiger partial charge < -0.3 is 10.1 Å². The van der Waals surface area contributed by atoms with Crippen molar-refractivity contribution in [1.29, 1.82) is 0 Å². The summed E-state index contributed by atoms with van der Waals surface area (Å²) in [7, 11) is -4.30. The topological polar surface area (TPSA) is 131 Å². The lowest BCUT2D eigenvalue weighted by Gasteiger charge is -2.38. The molecule has 10 heteroatoms. The number of anilines is 2. The van der Waals surface area contributed by atoms with Crippen LogP contribution in [0.15, 0.2) is 51.8 Å². The molecule has 9 nitrogen and oxygen atoms in total. The number of sulfonamides is 1. The van der Waals surface area contributed by atoms with Crippen molar-refractivity contribution in [3.05, 3.63) is 53.6 Å². The van der Waals surface area contributed by atoms with Crippen molar-refractivity contribution in [2.45, 2.75) is 90.1 Å². The number of hydrogen-bond donors (Lipinski definition) is 2. The number of Topliss-reactive ketones (excluding diaryl/α,β-unsaturated/α-hetero) is 2. The highest BCUT2D eigenvalue weighted by Crippen LogP contribution is 2.43. The number of hydrogen-bond acceptors (Lipinski definition) is 7. The molecule has 0 aromatic heterocycles. The first-order valence-corrected chi connectivity index (χ1v) is 15.3. The van der Waals surface area contributed by atoms with Gasteiger partial charge in [-0.2, -0.15) is 8.42 Å². The Morgan fingerprint density at radius 2 is 1.73 bits per heavy atom. The van der Waals surface area contributed by atoms with Crippen LogP contribution in [0.2, 0.25) is 0 Å². The van der Waals surface area contributed by atoms with Gasteiger partial charge in [-0.25, -0.2) is 4.79 Å². The zero-order chi connectivity index (χ0) is 30.4. The Morgan fingerprint density at radius 3 is 2.39 bits per heavy atom. The first-order valence-electron chi connectivity index (χ1n) is 13.9. The standard InChI is InChI=1S/C31H39N3O6S/c1-29(2,3)16-10-11-17-31(7)21-13-9-8-12-20(21)25(35)24(26(31)36)27-33-22-15-14-19(18-23(22)41(38,39)34-27)32-28(37)40-30(4,5)6/h8-9,12-15,18,24H,10-11,16-17H2,1-7H3,(H,32,37)(H,33,34). The lowest BCUT2D eigenvalue weighted by Crippen LogP contribution is -2.51. The number of rotatable bonds is 6. The van der Waals surface area contributed by atoms with E-state index in [0.717, 1.165) is 19.3 Å². The minimum atomic E-state index is -4.30. The van der Waals surface area contributed by atoms with Crippen LogP contribution in [0.3, 0.4) is 0 Å². The highest BCUT2D eigenvalue weighted by Gasteiger charge is 2.51. The predicted octanol–water partition coefficient (Wildman–Crippen LogP) is 6.49. The molecule has 220 valence electrons. The lowest BCUT2D eigenvalue weighted by molar-refractivity contribution is -0.125. The van der Waals surface area contributed by atoms with E-state index in [9.17, 15) is 22.8 Å². The van der Waals surface area contributed by atoms with Crippen molar-refractivity contribution in [2.24, 2.45) is 15.7 Å². The maximum atomic E-state index is 14.1. The van der Waals surface area contributed by atoms with Crippen LogP contribution in [0.1, 0.15) is 90.1 Å². The summed E-state index contributed by atoms with van der Waals surface area (Å²) < 4.78 is 35.8. The zero-order valence-corrected chi connectivity index (χ0v) is 25.6. The molecule has 1 amide bonds. The van der Waals surface area contributed by atoms with Crippen molar-refractivity contribution in [1.82, 2.24) is 0 Å². The van der Waals surface area contributed by atoms with Gasteiger partial charge in [-0.1, -0.05) is 57.9 Å². The second-order valence-corrected chi connectivity index (χ2v) is 14.8. The summed E-state index contributed by atoms with van der Waals surface area (Å²) >= 11 is 0. The number of amidine groups is 1. The van der Waals surface area contributed by atoms with Gasteiger partial charge in [0.1, 0.15) is 22.3 Å². The van der Waals surface area contributed by atoms with Crippen molar-refractivity contribution in [3.8, 4) is 0 Å². The summed E-state index contributed by atoms with van der Waals surface area (Å²) in [5.41, 5.74) is -0.121. The van der Waals surface area contributed by atoms with Crippen LogP contribution in [0, 0.1) is 11.3 Å². The second-order valence-electron chi connectivity index (χ2n) is 13.2. The quantitative estimate of drug-likeness (QED) is 0.294. The summed E-state index contributed by atoms with van der Waals surface area (Å²) in [6.45, 7) is 13.5. The number of amides is 1. The second kappa shape index (κ2) is 10.7. The predicted molar refractivity (Wildman–Crippen MR) is 159 cm³/mol. The van der Waals surface area contributed by atoms with Crippen molar-refractivity contribution >= 4 is 44.9 Å². The van der Waals surface area contributed by atoms with E-state index >= 15 is 0 Å². The van der Waals surface area contributed by atoms with E-state index in [1.165, 1.54) is 18.2 Å². The minimum absolute atomic E-state index is 0.163. The Balaban J connectivity index is 1.66. The maximum Gasteiger partial charge on any atom is 0.412 e. The largest absolute Gasteiger partial charge is 0.444 e. The number of ketones is 2. The number of carbonyl (C=O) groups is 3. The van der Waals surface area contributed by atoms with E-state index in [0.29, 0.717) is 17.5 Å². The van der Waals surface area contributed by atoms with E-state index in [1.54, 1.807) is 32.9 Å². The summed E-state index contributed by atoms with van der Waals surface area (Å²) in [4.78, 5) is 39.8. The van der Waals surface area contributed by atoms with E-state index in [2.05, 4.69) is 35.8 Å². The van der Waals surface area contributed by atoms with Gasteiger partial charge in [-0.3, -0.25) is 14.9 Å². The van der Waals surface area contributed by atoms with Crippen LogP contribution in [-0.2, 0) is 25.0 Å². The molecule has 2 aromatic carbocycles. The minimum Gasteiger partial charge on any atom is -0.444 e. The van der Waals surface area contributed by atoms with Crippen LogP contribution in [-0.4, -0.2) is 37.5 Å². The molecule has 1 aliphatic carbocycles. The zero-order valence-electron chi connectivity index (χ0n) is 24.8. The number of unbranched alkanes of at least 4 members (excludes halogenated alkanes) is 1. The van der Waals surface area contributed by atoms with E-state index in [-0.39, 0.29) is 33.3 Å². The van der Waals surface area contributed by atoms with Crippen molar-refractivity contribution in [3.63, 3.8) is 0 Å². The van der Waals surface area contributed by atoms with Gasteiger partial charge in [-0.15, -0.1) is 4.40 Å². The third-order valence-electron chi connectivity index (χ3n) is 7.37. The Morgan fingerprint density at radius 1 is 1.05 bits per heavy atom. The SMILES string of the molecule is CC(C)(C)CCCCC1(C)C(=O)C(C2=NS(=O)(=O)c3cc(NC(=O)OC(C)(C)C)ccc3N2)C(=O)c2ccccc21. The lowest BCUT2D eigenvalue weighted by atomic mass is 9.63. The van der Waals surface area contributed by atoms with Crippen LogP contribution in [0.5, 0.6) is 0 Å². The smallest absolute Gasteiger partial charge is 0.412 e. The van der Waals surface area contributed by atoms with E-state index in [1.807, 2.05) is 19.1 Å². The van der Waals surface area contributed by atoms with Gasteiger partial charge in [0, 0.05) is 11.3 Å². The summed E-state index contributed by atoms with van der Waals surface area (Å²) in [5.74, 6) is -2.45. The third kappa shape index (κ3) is 6.53. The molecule has 1 heterocycles. The Labute approximate surface area is 242 Å². The summed E-state index contributed by atoms with van der Waals surface area (Å²) in [5, 5.41) is 5.46. The molecule has 41 heavy (non-hydrogen) atoms. The normalized spacial score (nSPS) is 21.7. The number of ether oxygens (including phenoxy) is 1. The fourth-order valence-corrected chi connectivity index (χ4v) is 6.53. The maximum absolute atomic E-state index is 14.1. The molecule has 0 saturated heterocycles. The molecule has 0 spiro atoms. The van der Waals surface area contributed by atoms with Gasteiger partial charge in [0.2, 0.25) is 0 Å². The van der Waals surface area contributed by atoms with Crippen LogP contribution < -0.4 is 10.6 Å². The Hall–Kier alpha value is -3.53. The molecule has 2 atom stereocenters. The average molecular weight is 582 g/mol. The van der Waals surface area contributed by atoms with Crippen LogP contribution in [0.25, 0.3) is 0 Å². The molecule has 2 N–H and O–H groups in total. The van der Waals surface area contributed by atoms with Crippen LogP contribution >= 0.6 is 0 Å². The van der Waals surface area contributed by atoms with E-state index in [4.69, 9.17) is 4.74 Å². The van der Waals surface area contributed by atoms with Gasteiger partial charge in [0.05, 0.1) is 11.1 Å². The molecule has 2 aliphatic rings. The summed E-state index contributed by atoms with van der Waals surface area (Å²) in [6, 6.07) is 11.3. The number of nitrogens with zero attached hydrogens (tertiary/aromatic N) is 1. The monoisotopic (exact) mass is 581 g/mol. The average Bonchev–Trinajstić information content (AvgIpc) is 2.84. The fraction of sp³-hybridized carbons (Fsp3) is 0.484. The third-order valence-corrected chi connectivity index (χ3v) is 8.70. The Bertz CT molecular complexity index is 1530. The molecule has 0 saturated carbocycles. The van der Waals surface area contributed by atoms with Gasteiger partial charge >= 0.3 is 6.09 Å². The number of nitrogens with one attached hydrogen (secondary N) is 2. The highest BCUT2D eigenvalue weighted by molar-refractivity contribution is 7.90. The van der Waals surface area contributed by atoms with Gasteiger partial charge in [0.15, 0.2) is 11.6 Å². The first-order chi connectivity index (χ1) is 18.9. The number of carbonyl (C=O) groups excluding carboxylic acids is 3. The molecule has 0 bridgehead atoms. The van der Waals surface area contributed by atoms with Crippen LogP contribution in [0.4, 0.5) is 16.2 Å². The number of fused-ring (bicyclic) bond motifs is 2. The molecule has 1 aliphatic heterocycles. The highest BCUT2D eigenvalue weighted by atomic mass is 32.2. The molecular formula is C31H39N3O6S. The molecule has 4 rings (SSSR count). The Kier molecular flexibility index (Phi) is 7.94. The van der Waals surface area contributed by atoms with E-state index < -0.39 is 38.8 Å². The summed E-state index contributed by atoms with van der Waals surface area (Å²) in [6.07, 6.45) is 2.49. The first kappa shape index (κ1) is 30.4.